The van der Waals surface area contributed by atoms with Gasteiger partial charge >= 0.3 is 5.97 Å². The lowest BCUT2D eigenvalue weighted by molar-refractivity contribution is -0.143. The molecule has 3 nitrogen and oxygen atoms in total. The summed E-state index contributed by atoms with van der Waals surface area (Å²) < 4.78 is 12.9. The van der Waals surface area contributed by atoms with Crippen molar-refractivity contribution in [3.05, 3.63) is 34.6 Å². The Hall–Kier alpha value is -1.13. The first-order chi connectivity index (χ1) is 7.41. The second kappa shape index (κ2) is 4.80. The molecule has 0 radical (unpaired) electrons. The van der Waals surface area contributed by atoms with Crippen molar-refractivity contribution in [2.45, 2.75) is 18.8 Å². The highest BCUT2D eigenvalue weighted by Crippen LogP contribution is 2.30. The summed E-state index contributed by atoms with van der Waals surface area (Å²) in [6.07, 6.45) is 0.0459. The average Bonchev–Trinajstić information content (AvgIpc) is 2.22. The first-order valence-corrected chi connectivity index (χ1v) is 5.09. The van der Waals surface area contributed by atoms with E-state index in [2.05, 4.69) is 0 Å². The molecule has 88 valence electrons. The maximum Gasteiger partial charge on any atom is 0.313 e. The average molecular weight is 247 g/mol. The van der Waals surface area contributed by atoms with E-state index in [1.807, 2.05) is 0 Å². The largest absolute Gasteiger partial charge is 0.481 e. The first-order valence-electron chi connectivity index (χ1n) is 4.71. The number of carboxylic acids is 1. The molecular formula is C11H12ClFO3. The first kappa shape index (κ1) is 12.9. The Bertz CT molecular complexity index is 408. The van der Waals surface area contributed by atoms with Gasteiger partial charge in [0.2, 0.25) is 0 Å². The maximum atomic E-state index is 12.9. The summed E-state index contributed by atoms with van der Waals surface area (Å²) in [6.45, 7) is 1.20. The number of benzene rings is 1. The van der Waals surface area contributed by atoms with Crippen LogP contribution in [0.2, 0.25) is 5.02 Å². The Morgan fingerprint density at radius 1 is 1.56 bits per heavy atom. The SMILES string of the molecule is CC(CCO)(C(=O)O)c1ccc(F)c(Cl)c1. The summed E-state index contributed by atoms with van der Waals surface area (Å²) >= 11 is 5.59. The topological polar surface area (TPSA) is 57.5 Å². The molecule has 5 heteroatoms. The minimum absolute atomic E-state index is 0.0459. The molecule has 2 N–H and O–H groups in total. The van der Waals surface area contributed by atoms with Crippen LogP contribution in [-0.4, -0.2) is 22.8 Å². The highest BCUT2D eigenvalue weighted by molar-refractivity contribution is 6.30. The number of aliphatic carboxylic acids is 1. The van der Waals surface area contributed by atoms with Crippen LogP contribution in [0.4, 0.5) is 4.39 Å². The number of hydrogen-bond acceptors (Lipinski definition) is 2. The molecule has 0 saturated heterocycles. The molecular weight excluding hydrogens is 235 g/mol. The van der Waals surface area contributed by atoms with Gasteiger partial charge in [-0.05, 0) is 31.0 Å². The van der Waals surface area contributed by atoms with E-state index in [0.29, 0.717) is 5.56 Å². The van der Waals surface area contributed by atoms with Crippen LogP contribution in [0.1, 0.15) is 18.9 Å². The van der Waals surface area contributed by atoms with Gasteiger partial charge in [-0.25, -0.2) is 4.39 Å². The van der Waals surface area contributed by atoms with E-state index < -0.39 is 17.2 Å². The quantitative estimate of drug-likeness (QED) is 0.856. The lowest BCUT2D eigenvalue weighted by Crippen LogP contribution is -2.33. The van der Waals surface area contributed by atoms with Crippen LogP contribution in [0.3, 0.4) is 0 Å². The Labute approximate surface area is 97.5 Å². The normalized spacial score (nSPS) is 14.5. The van der Waals surface area contributed by atoms with Gasteiger partial charge in [0.1, 0.15) is 5.82 Å². The molecule has 0 spiro atoms. The molecule has 0 aliphatic carbocycles. The summed E-state index contributed by atoms with van der Waals surface area (Å²) in [5.74, 6) is -1.67. The van der Waals surface area contributed by atoms with E-state index in [4.69, 9.17) is 21.8 Å². The monoisotopic (exact) mass is 246 g/mol. The molecule has 1 unspecified atom stereocenters. The standard InChI is InChI=1S/C11H12ClFO3/c1-11(4-5-14,10(15)16)7-2-3-9(13)8(12)6-7/h2-3,6,14H,4-5H2,1H3,(H,15,16). The summed E-state index contributed by atoms with van der Waals surface area (Å²) in [5, 5.41) is 17.9. The lowest BCUT2D eigenvalue weighted by atomic mass is 9.80. The number of halogens is 2. The second-order valence-corrected chi connectivity index (χ2v) is 4.15. The molecule has 0 heterocycles. The number of carboxylic acid groups (broad SMARTS) is 1. The zero-order chi connectivity index (χ0) is 12.3. The van der Waals surface area contributed by atoms with Crippen molar-refractivity contribution in [3.8, 4) is 0 Å². The fourth-order valence-electron chi connectivity index (χ4n) is 1.44. The summed E-state index contributed by atoms with van der Waals surface area (Å²) in [7, 11) is 0. The predicted octanol–water partition coefficient (Wildman–Crippen LogP) is 2.20. The molecule has 0 fully saturated rings. The van der Waals surface area contributed by atoms with Crippen molar-refractivity contribution in [3.63, 3.8) is 0 Å². The molecule has 1 aromatic rings. The molecule has 1 atom stereocenters. The number of hydrogen-bond donors (Lipinski definition) is 2. The van der Waals surface area contributed by atoms with Gasteiger partial charge in [0, 0.05) is 6.61 Å². The fraction of sp³-hybridized carbons (Fsp3) is 0.364. The fourth-order valence-corrected chi connectivity index (χ4v) is 1.62. The van der Waals surface area contributed by atoms with Gasteiger partial charge in [-0.3, -0.25) is 4.79 Å². The predicted molar refractivity (Wildman–Crippen MR) is 58.1 cm³/mol. The van der Waals surface area contributed by atoms with Crippen molar-refractivity contribution >= 4 is 17.6 Å². The summed E-state index contributed by atoms with van der Waals surface area (Å²) in [6, 6.07) is 3.77. The van der Waals surface area contributed by atoms with Crippen LogP contribution in [0.5, 0.6) is 0 Å². The Kier molecular flexibility index (Phi) is 3.88. The third kappa shape index (κ3) is 2.33. The van der Waals surface area contributed by atoms with Crippen LogP contribution >= 0.6 is 11.6 Å². The highest BCUT2D eigenvalue weighted by Gasteiger charge is 2.34. The third-order valence-corrected chi connectivity index (χ3v) is 2.93. The van der Waals surface area contributed by atoms with Crippen molar-refractivity contribution in [2.75, 3.05) is 6.61 Å². The van der Waals surface area contributed by atoms with Crippen LogP contribution in [0, 0.1) is 5.82 Å². The Morgan fingerprint density at radius 3 is 2.62 bits per heavy atom. The second-order valence-electron chi connectivity index (χ2n) is 3.74. The van der Waals surface area contributed by atoms with Gasteiger partial charge in [-0.2, -0.15) is 0 Å². The van der Waals surface area contributed by atoms with Crippen molar-refractivity contribution in [1.82, 2.24) is 0 Å². The van der Waals surface area contributed by atoms with E-state index in [0.717, 1.165) is 6.07 Å². The zero-order valence-corrected chi connectivity index (χ0v) is 9.46. The summed E-state index contributed by atoms with van der Waals surface area (Å²) in [5.41, 5.74) is -0.882. The molecule has 1 aromatic carbocycles. The van der Waals surface area contributed by atoms with Crippen molar-refractivity contribution in [1.29, 1.82) is 0 Å². The molecule has 16 heavy (non-hydrogen) atoms. The number of aliphatic hydroxyl groups excluding tert-OH is 1. The number of aliphatic hydroxyl groups is 1. The Balaban J connectivity index is 3.21. The highest BCUT2D eigenvalue weighted by atomic mass is 35.5. The van der Waals surface area contributed by atoms with Gasteiger partial charge in [0.15, 0.2) is 0 Å². The van der Waals surface area contributed by atoms with Gasteiger partial charge in [-0.15, -0.1) is 0 Å². The van der Waals surface area contributed by atoms with E-state index in [1.54, 1.807) is 0 Å². The van der Waals surface area contributed by atoms with E-state index in [9.17, 15) is 9.18 Å². The lowest BCUT2D eigenvalue weighted by Gasteiger charge is -2.24. The van der Waals surface area contributed by atoms with Gasteiger partial charge in [0.05, 0.1) is 10.4 Å². The molecule has 0 aliphatic rings. The maximum absolute atomic E-state index is 12.9. The van der Waals surface area contributed by atoms with E-state index in [1.165, 1.54) is 19.1 Å². The Morgan fingerprint density at radius 2 is 2.19 bits per heavy atom. The molecule has 0 aromatic heterocycles. The van der Waals surface area contributed by atoms with E-state index in [-0.39, 0.29) is 18.1 Å². The summed E-state index contributed by atoms with van der Waals surface area (Å²) in [4.78, 5) is 11.2. The van der Waals surface area contributed by atoms with E-state index >= 15 is 0 Å². The number of carbonyl (C=O) groups is 1. The van der Waals surface area contributed by atoms with Crippen molar-refractivity contribution in [2.24, 2.45) is 0 Å². The van der Waals surface area contributed by atoms with Crippen LogP contribution in [0.15, 0.2) is 18.2 Å². The smallest absolute Gasteiger partial charge is 0.313 e. The minimum Gasteiger partial charge on any atom is -0.481 e. The van der Waals surface area contributed by atoms with Crippen molar-refractivity contribution < 1.29 is 19.4 Å². The molecule has 1 rings (SSSR count). The van der Waals surface area contributed by atoms with Gasteiger partial charge in [0.25, 0.3) is 0 Å². The third-order valence-electron chi connectivity index (χ3n) is 2.64. The molecule has 0 bridgehead atoms. The number of rotatable bonds is 4. The van der Waals surface area contributed by atoms with Gasteiger partial charge < -0.3 is 10.2 Å². The molecule has 0 saturated carbocycles. The molecule has 0 amide bonds. The van der Waals surface area contributed by atoms with Crippen LogP contribution in [0.25, 0.3) is 0 Å². The minimum atomic E-state index is -1.26. The molecule has 0 aliphatic heterocycles. The zero-order valence-electron chi connectivity index (χ0n) is 8.70. The van der Waals surface area contributed by atoms with Gasteiger partial charge in [-0.1, -0.05) is 17.7 Å². The van der Waals surface area contributed by atoms with Crippen LogP contribution in [-0.2, 0) is 10.2 Å². The van der Waals surface area contributed by atoms with Crippen LogP contribution < -0.4 is 0 Å².